The molecule has 7 heteroatoms. The highest BCUT2D eigenvalue weighted by atomic mass is 16.5. The quantitative estimate of drug-likeness (QED) is 0.641. The molecule has 7 nitrogen and oxygen atoms in total. The van der Waals surface area contributed by atoms with E-state index in [4.69, 9.17) is 14.9 Å². The molecule has 1 fully saturated rings. The number of rotatable bonds is 4. The molecule has 1 aliphatic rings. The van der Waals surface area contributed by atoms with Gasteiger partial charge in [-0.05, 0) is 13.3 Å². The van der Waals surface area contributed by atoms with Crippen LogP contribution in [0.15, 0.2) is 0 Å². The van der Waals surface area contributed by atoms with Gasteiger partial charge in [-0.3, -0.25) is 0 Å². The van der Waals surface area contributed by atoms with Gasteiger partial charge in [0.15, 0.2) is 6.04 Å². The molecule has 0 bridgehead atoms. The van der Waals surface area contributed by atoms with Gasteiger partial charge in [0.05, 0.1) is 25.4 Å². The largest absolute Gasteiger partial charge is 0.480 e. The standard InChI is InChI=1S/C11H20N2O5/c1-3-8-6-18-7(2)4-13(8)11(17)12-9(5-14)10(15)16/h7-9,14H,3-6H2,1-2H3,(H,12,17)(H,15,16)/t7?,8?,9-/m0/s1. The molecule has 3 N–H and O–H groups in total. The molecule has 0 radical (unpaired) electrons. The molecule has 1 heterocycles. The van der Waals surface area contributed by atoms with Crippen LogP contribution in [-0.4, -0.2) is 65.1 Å². The zero-order valence-electron chi connectivity index (χ0n) is 10.6. The number of aliphatic carboxylic acids is 1. The molecule has 2 unspecified atom stereocenters. The van der Waals surface area contributed by atoms with Crippen molar-refractivity contribution in [2.24, 2.45) is 0 Å². The summed E-state index contributed by atoms with van der Waals surface area (Å²) >= 11 is 0. The molecule has 0 aromatic carbocycles. The summed E-state index contributed by atoms with van der Waals surface area (Å²) in [4.78, 5) is 24.3. The number of carboxylic acids is 1. The molecular formula is C11H20N2O5. The monoisotopic (exact) mass is 260 g/mol. The molecule has 1 rings (SSSR count). The minimum absolute atomic E-state index is 0.0608. The molecule has 1 aliphatic heterocycles. The Balaban J connectivity index is 2.65. The number of ether oxygens (including phenoxy) is 1. The fourth-order valence-electron chi connectivity index (χ4n) is 1.85. The third-order valence-electron chi connectivity index (χ3n) is 2.98. The highest BCUT2D eigenvalue weighted by Gasteiger charge is 2.31. The van der Waals surface area contributed by atoms with Crippen LogP contribution in [0, 0.1) is 0 Å². The Morgan fingerprint density at radius 1 is 1.56 bits per heavy atom. The minimum atomic E-state index is -1.27. The van der Waals surface area contributed by atoms with Crippen molar-refractivity contribution >= 4 is 12.0 Å². The summed E-state index contributed by atoms with van der Waals surface area (Å²) in [5.74, 6) is -1.25. The number of amides is 2. The van der Waals surface area contributed by atoms with E-state index in [-0.39, 0.29) is 12.1 Å². The van der Waals surface area contributed by atoms with Crippen molar-refractivity contribution in [3.63, 3.8) is 0 Å². The number of morpholine rings is 1. The average Bonchev–Trinajstić information content (AvgIpc) is 2.35. The number of aliphatic hydroxyl groups is 1. The smallest absolute Gasteiger partial charge is 0.328 e. The number of carbonyl (C=O) groups excluding carboxylic acids is 1. The maximum Gasteiger partial charge on any atom is 0.328 e. The van der Waals surface area contributed by atoms with E-state index in [1.807, 2.05) is 13.8 Å². The van der Waals surface area contributed by atoms with E-state index in [1.165, 1.54) is 0 Å². The van der Waals surface area contributed by atoms with Gasteiger partial charge in [0.1, 0.15) is 0 Å². The van der Waals surface area contributed by atoms with E-state index in [0.717, 1.165) is 6.42 Å². The number of nitrogens with zero attached hydrogens (tertiary/aromatic N) is 1. The summed E-state index contributed by atoms with van der Waals surface area (Å²) in [6, 6.07) is -1.80. The summed E-state index contributed by atoms with van der Waals surface area (Å²) in [6.07, 6.45) is 0.660. The van der Waals surface area contributed by atoms with Crippen LogP contribution >= 0.6 is 0 Å². The SMILES string of the molecule is CCC1COC(C)CN1C(=O)N[C@@H](CO)C(=O)O. The predicted molar refractivity (Wildman–Crippen MR) is 63.2 cm³/mol. The van der Waals surface area contributed by atoms with E-state index in [0.29, 0.717) is 13.2 Å². The first-order valence-electron chi connectivity index (χ1n) is 6.02. The number of carbonyl (C=O) groups is 2. The van der Waals surface area contributed by atoms with Crippen molar-refractivity contribution in [3.8, 4) is 0 Å². The van der Waals surface area contributed by atoms with E-state index < -0.39 is 24.6 Å². The molecule has 0 aromatic rings. The van der Waals surface area contributed by atoms with Crippen molar-refractivity contribution in [1.82, 2.24) is 10.2 Å². The van der Waals surface area contributed by atoms with Gasteiger partial charge in [-0.15, -0.1) is 0 Å². The van der Waals surface area contributed by atoms with Gasteiger partial charge in [0.25, 0.3) is 0 Å². The third-order valence-corrected chi connectivity index (χ3v) is 2.98. The summed E-state index contributed by atoms with van der Waals surface area (Å²) < 4.78 is 5.45. The Kier molecular flexibility index (Phi) is 5.36. The minimum Gasteiger partial charge on any atom is -0.480 e. The molecule has 0 spiro atoms. The van der Waals surface area contributed by atoms with E-state index in [1.54, 1.807) is 4.90 Å². The van der Waals surface area contributed by atoms with Crippen LogP contribution in [0.4, 0.5) is 4.79 Å². The zero-order chi connectivity index (χ0) is 13.7. The Morgan fingerprint density at radius 3 is 2.72 bits per heavy atom. The number of nitrogens with one attached hydrogen (secondary N) is 1. The molecule has 18 heavy (non-hydrogen) atoms. The maximum atomic E-state index is 12.0. The Hall–Kier alpha value is -1.34. The van der Waals surface area contributed by atoms with Crippen LogP contribution in [0.5, 0.6) is 0 Å². The second kappa shape index (κ2) is 6.55. The lowest BCUT2D eigenvalue weighted by Gasteiger charge is -2.38. The highest BCUT2D eigenvalue weighted by Crippen LogP contribution is 2.14. The van der Waals surface area contributed by atoms with Gasteiger partial charge in [0.2, 0.25) is 0 Å². The van der Waals surface area contributed by atoms with E-state index >= 15 is 0 Å². The Bertz CT molecular complexity index is 310. The van der Waals surface area contributed by atoms with Gasteiger partial charge in [-0.25, -0.2) is 9.59 Å². The van der Waals surface area contributed by atoms with Crippen LogP contribution in [0.3, 0.4) is 0 Å². The molecule has 0 aliphatic carbocycles. The lowest BCUT2D eigenvalue weighted by atomic mass is 10.1. The van der Waals surface area contributed by atoms with Crippen LogP contribution in [0.2, 0.25) is 0 Å². The predicted octanol–water partition coefficient (Wildman–Crippen LogP) is -0.359. The second-order valence-electron chi connectivity index (χ2n) is 4.38. The Labute approximate surface area is 106 Å². The summed E-state index contributed by atoms with van der Waals surface area (Å²) in [7, 11) is 0. The van der Waals surface area contributed by atoms with Crippen molar-refractivity contribution < 1.29 is 24.5 Å². The van der Waals surface area contributed by atoms with Gasteiger partial charge in [-0.2, -0.15) is 0 Å². The Morgan fingerprint density at radius 2 is 2.22 bits per heavy atom. The van der Waals surface area contributed by atoms with Gasteiger partial charge < -0.3 is 25.2 Å². The molecule has 3 atom stereocenters. The van der Waals surface area contributed by atoms with Crippen LogP contribution in [0.25, 0.3) is 0 Å². The summed E-state index contributed by atoms with van der Waals surface area (Å²) in [5, 5.41) is 20.0. The van der Waals surface area contributed by atoms with Crippen molar-refractivity contribution in [3.05, 3.63) is 0 Å². The molecule has 1 saturated heterocycles. The van der Waals surface area contributed by atoms with E-state index in [2.05, 4.69) is 5.32 Å². The van der Waals surface area contributed by atoms with Crippen LogP contribution < -0.4 is 5.32 Å². The van der Waals surface area contributed by atoms with Gasteiger partial charge >= 0.3 is 12.0 Å². The number of carboxylic acid groups (broad SMARTS) is 1. The topological polar surface area (TPSA) is 99.1 Å². The molecule has 0 aromatic heterocycles. The van der Waals surface area contributed by atoms with Crippen LogP contribution in [-0.2, 0) is 9.53 Å². The van der Waals surface area contributed by atoms with Crippen LogP contribution in [0.1, 0.15) is 20.3 Å². The summed E-state index contributed by atoms with van der Waals surface area (Å²) in [6.45, 7) is 4.03. The normalized spacial score (nSPS) is 25.6. The number of aliphatic hydroxyl groups excluding tert-OH is 1. The number of hydrogen-bond acceptors (Lipinski definition) is 4. The first kappa shape index (κ1) is 14.7. The fraction of sp³-hybridized carbons (Fsp3) is 0.818. The van der Waals surface area contributed by atoms with Crippen molar-refractivity contribution in [2.75, 3.05) is 19.8 Å². The summed E-state index contributed by atoms with van der Waals surface area (Å²) in [5.41, 5.74) is 0. The lowest BCUT2D eigenvalue weighted by Crippen LogP contribution is -2.57. The highest BCUT2D eigenvalue weighted by molar-refractivity contribution is 5.82. The number of hydrogen-bond donors (Lipinski definition) is 3. The first-order chi connectivity index (χ1) is 8.49. The second-order valence-corrected chi connectivity index (χ2v) is 4.38. The number of urea groups is 1. The maximum absolute atomic E-state index is 12.0. The van der Waals surface area contributed by atoms with Crippen molar-refractivity contribution in [1.29, 1.82) is 0 Å². The average molecular weight is 260 g/mol. The van der Waals surface area contributed by atoms with Gasteiger partial charge in [-0.1, -0.05) is 6.92 Å². The molecule has 0 saturated carbocycles. The lowest BCUT2D eigenvalue weighted by molar-refractivity contribution is -0.140. The first-order valence-corrected chi connectivity index (χ1v) is 6.02. The molecule has 2 amide bonds. The molecular weight excluding hydrogens is 240 g/mol. The zero-order valence-corrected chi connectivity index (χ0v) is 10.6. The van der Waals surface area contributed by atoms with E-state index in [9.17, 15) is 9.59 Å². The molecule has 104 valence electrons. The third kappa shape index (κ3) is 3.58. The van der Waals surface area contributed by atoms with Gasteiger partial charge in [0, 0.05) is 6.54 Å². The fourth-order valence-corrected chi connectivity index (χ4v) is 1.85. The van der Waals surface area contributed by atoms with Crippen molar-refractivity contribution in [2.45, 2.75) is 38.5 Å².